The van der Waals surface area contributed by atoms with Gasteiger partial charge >= 0.3 is 0 Å². The van der Waals surface area contributed by atoms with Gasteiger partial charge in [-0.25, -0.2) is 4.99 Å². The number of aliphatic imine (C=N–C) groups is 1. The Labute approximate surface area is 133 Å². The van der Waals surface area contributed by atoms with E-state index in [9.17, 15) is 0 Å². The summed E-state index contributed by atoms with van der Waals surface area (Å²) < 4.78 is 11.1. The van der Waals surface area contributed by atoms with Gasteiger partial charge in [0.2, 0.25) is 0 Å². The van der Waals surface area contributed by atoms with Crippen LogP contribution in [0.25, 0.3) is 0 Å². The number of hydrogen-bond donors (Lipinski definition) is 2. The molecule has 0 amide bonds. The largest absolute Gasteiger partial charge is 0.493 e. The van der Waals surface area contributed by atoms with Gasteiger partial charge in [-0.2, -0.15) is 0 Å². The molecule has 0 saturated carbocycles. The zero-order valence-electron chi connectivity index (χ0n) is 14.0. The number of unbranched alkanes of at least 4 members (excludes halogenated alkanes) is 3. The van der Waals surface area contributed by atoms with Crippen LogP contribution in [-0.2, 0) is 0 Å². The number of hydrogen-bond acceptors (Lipinski definition) is 3. The number of nitrogens with two attached hydrogens (primary N) is 1. The highest BCUT2D eigenvalue weighted by Crippen LogP contribution is 2.26. The standard InChI is InChI=1S/C17H29N3O2/c1-4-5-6-9-12-19-17(18)20-13-14(2)22-16-11-8-7-10-15(16)21-3/h7-8,10-11,14H,4-6,9,12-13H2,1-3H3,(H3,18,19,20). The first-order valence-electron chi connectivity index (χ1n) is 8.00. The molecular formula is C17H29N3O2. The number of guanidine groups is 1. The van der Waals surface area contributed by atoms with Crippen molar-refractivity contribution in [3.63, 3.8) is 0 Å². The fraction of sp³-hybridized carbons (Fsp3) is 0.588. The molecule has 0 aromatic heterocycles. The van der Waals surface area contributed by atoms with Crippen LogP contribution in [0.2, 0.25) is 0 Å². The lowest BCUT2D eigenvalue weighted by molar-refractivity contribution is 0.219. The molecule has 0 aliphatic heterocycles. The van der Waals surface area contributed by atoms with E-state index >= 15 is 0 Å². The molecule has 0 spiro atoms. The van der Waals surface area contributed by atoms with Crippen molar-refractivity contribution < 1.29 is 9.47 Å². The molecule has 0 fully saturated rings. The lowest BCUT2D eigenvalue weighted by Crippen LogP contribution is -2.33. The first-order chi connectivity index (χ1) is 10.7. The highest BCUT2D eigenvalue weighted by atomic mass is 16.5. The molecule has 5 nitrogen and oxygen atoms in total. The Hall–Kier alpha value is -1.91. The summed E-state index contributed by atoms with van der Waals surface area (Å²) in [6, 6.07) is 7.58. The number of methoxy groups -OCH3 is 1. The van der Waals surface area contributed by atoms with Gasteiger partial charge in [0.25, 0.3) is 0 Å². The van der Waals surface area contributed by atoms with Gasteiger partial charge in [0, 0.05) is 6.54 Å². The molecule has 1 unspecified atom stereocenters. The number of rotatable bonds is 10. The third-order valence-electron chi connectivity index (χ3n) is 3.25. The Morgan fingerprint density at radius 1 is 1.23 bits per heavy atom. The number of ether oxygens (including phenoxy) is 2. The van der Waals surface area contributed by atoms with E-state index < -0.39 is 0 Å². The van der Waals surface area contributed by atoms with Crippen molar-refractivity contribution >= 4 is 5.96 Å². The SMILES string of the molecule is CCCCCCNC(N)=NCC(C)Oc1ccccc1OC. The normalized spacial score (nSPS) is 12.8. The van der Waals surface area contributed by atoms with Crippen LogP contribution < -0.4 is 20.5 Å². The molecule has 3 N–H and O–H groups in total. The molecule has 0 aliphatic rings. The highest BCUT2D eigenvalue weighted by Gasteiger charge is 2.08. The van der Waals surface area contributed by atoms with E-state index in [-0.39, 0.29) is 6.10 Å². The quantitative estimate of drug-likeness (QED) is 0.396. The monoisotopic (exact) mass is 307 g/mol. The van der Waals surface area contributed by atoms with E-state index in [0.29, 0.717) is 12.5 Å². The molecule has 1 aromatic carbocycles. The maximum Gasteiger partial charge on any atom is 0.188 e. The molecule has 124 valence electrons. The van der Waals surface area contributed by atoms with E-state index in [1.165, 1.54) is 19.3 Å². The van der Waals surface area contributed by atoms with Gasteiger partial charge in [-0.05, 0) is 25.5 Å². The van der Waals surface area contributed by atoms with Gasteiger partial charge in [-0.3, -0.25) is 0 Å². The van der Waals surface area contributed by atoms with Crippen LogP contribution in [-0.4, -0.2) is 32.3 Å². The molecule has 1 rings (SSSR count). The van der Waals surface area contributed by atoms with Crippen LogP contribution >= 0.6 is 0 Å². The van der Waals surface area contributed by atoms with Crippen molar-refractivity contribution in [1.29, 1.82) is 0 Å². The molecule has 0 heterocycles. The fourth-order valence-electron chi connectivity index (χ4n) is 2.02. The third-order valence-corrected chi connectivity index (χ3v) is 3.25. The van der Waals surface area contributed by atoms with Crippen molar-refractivity contribution in [2.24, 2.45) is 10.7 Å². The van der Waals surface area contributed by atoms with Crippen LogP contribution in [0, 0.1) is 0 Å². The van der Waals surface area contributed by atoms with E-state index in [4.69, 9.17) is 15.2 Å². The second-order valence-corrected chi connectivity index (χ2v) is 5.29. The molecule has 1 atom stereocenters. The third kappa shape index (κ3) is 7.20. The van der Waals surface area contributed by atoms with Gasteiger partial charge < -0.3 is 20.5 Å². The minimum absolute atomic E-state index is 0.0725. The van der Waals surface area contributed by atoms with Crippen molar-refractivity contribution in [1.82, 2.24) is 5.32 Å². The van der Waals surface area contributed by atoms with Crippen molar-refractivity contribution in [3.05, 3.63) is 24.3 Å². The van der Waals surface area contributed by atoms with Crippen molar-refractivity contribution in [2.45, 2.75) is 45.6 Å². The van der Waals surface area contributed by atoms with E-state index in [2.05, 4.69) is 17.2 Å². The number of nitrogens with one attached hydrogen (secondary N) is 1. The molecule has 5 heteroatoms. The topological polar surface area (TPSA) is 68.9 Å². The van der Waals surface area contributed by atoms with Gasteiger partial charge in [0.15, 0.2) is 17.5 Å². The smallest absolute Gasteiger partial charge is 0.188 e. The molecule has 22 heavy (non-hydrogen) atoms. The predicted octanol–water partition coefficient (Wildman–Crippen LogP) is 2.95. The Bertz CT molecular complexity index is 449. The van der Waals surface area contributed by atoms with Crippen molar-refractivity contribution in [3.8, 4) is 11.5 Å². The molecule has 0 bridgehead atoms. The van der Waals surface area contributed by atoms with Crippen molar-refractivity contribution in [2.75, 3.05) is 20.2 Å². The van der Waals surface area contributed by atoms with Gasteiger partial charge in [0.05, 0.1) is 13.7 Å². The summed E-state index contributed by atoms with van der Waals surface area (Å²) in [6.07, 6.45) is 4.78. The van der Waals surface area contributed by atoms with Gasteiger partial charge in [0.1, 0.15) is 6.10 Å². The minimum atomic E-state index is -0.0725. The second-order valence-electron chi connectivity index (χ2n) is 5.29. The Kier molecular flexibility index (Phi) is 8.88. The summed E-state index contributed by atoms with van der Waals surface area (Å²) in [6.45, 7) is 5.54. The maximum absolute atomic E-state index is 5.84. The lowest BCUT2D eigenvalue weighted by Gasteiger charge is -2.15. The fourth-order valence-corrected chi connectivity index (χ4v) is 2.02. The number of nitrogens with zero attached hydrogens (tertiary/aromatic N) is 1. The lowest BCUT2D eigenvalue weighted by atomic mass is 10.2. The van der Waals surface area contributed by atoms with Gasteiger partial charge in [-0.1, -0.05) is 38.3 Å². The summed E-state index contributed by atoms with van der Waals surface area (Å²) in [4.78, 5) is 4.31. The zero-order chi connectivity index (χ0) is 16.2. The average molecular weight is 307 g/mol. The molecular weight excluding hydrogens is 278 g/mol. The molecule has 1 aromatic rings. The molecule has 0 radical (unpaired) electrons. The van der Waals surface area contributed by atoms with Crippen LogP contribution in [0.3, 0.4) is 0 Å². The summed E-state index contributed by atoms with van der Waals surface area (Å²) in [5.41, 5.74) is 5.84. The maximum atomic E-state index is 5.84. The Balaban J connectivity index is 2.32. The molecule has 0 saturated heterocycles. The molecule has 0 aliphatic carbocycles. The summed E-state index contributed by atoms with van der Waals surface area (Å²) in [5, 5.41) is 3.13. The minimum Gasteiger partial charge on any atom is -0.493 e. The number of benzene rings is 1. The highest BCUT2D eigenvalue weighted by molar-refractivity contribution is 5.77. The second kappa shape index (κ2) is 10.8. The van der Waals surface area contributed by atoms with E-state index in [0.717, 1.165) is 24.5 Å². The van der Waals surface area contributed by atoms with Crippen LogP contribution in [0.1, 0.15) is 39.5 Å². The Morgan fingerprint density at radius 2 is 1.95 bits per heavy atom. The van der Waals surface area contributed by atoms with Gasteiger partial charge in [-0.15, -0.1) is 0 Å². The predicted molar refractivity (Wildman–Crippen MR) is 91.7 cm³/mol. The zero-order valence-corrected chi connectivity index (χ0v) is 14.0. The average Bonchev–Trinajstić information content (AvgIpc) is 2.53. The van der Waals surface area contributed by atoms with E-state index in [1.54, 1.807) is 7.11 Å². The first kappa shape index (κ1) is 18.1. The van der Waals surface area contributed by atoms with Crippen LogP contribution in [0.4, 0.5) is 0 Å². The van der Waals surface area contributed by atoms with E-state index in [1.807, 2.05) is 31.2 Å². The summed E-state index contributed by atoms with van der Waals surface area (Å²) in [5.74, 6) is 1.92. The number of para-hydroxylation sites is 2. The first-order valence-corrected chi connectivity index (χ1v) is 8.00. The summed E-state index contributed by atoms with van der Waals surface area (Å²) >= 11 is 0. The van der Waals surface area contributed by atoms with Crippen LogP contribution in [0.5, 0.6) is 11.5 Å². The summed E-state index contributed by atoms with van der Waals surface area (Å²) in [7, 11) is 1.63. The Morgan fingerprint density at radius 3 is 2.64 bits per heavy atom. The van der Waals surface area contributed by atoms with Crippen LogP contribution in [0.15, 0.2) is 29.3 Å².